The summed E-state index contributed by atoms with van der Waals surface area (Å²) in [6.45, 7) is 8.08. The van der Waals surface area contributed by atoms with E-state index >= 15 is 0 Å². The lowest BCUT2D eigenvalue weighted by molar-refractivity contribution is -0.124. The van der Waals surface area contributed by atoms with Gasteiger partial charge in [-0.2, -0.15) is 0 Å². The number of rotatable bonds is 5. The van der Waals surface area contributed by atoms with Gasteiger partial charge in [-0.05, 0) is 30.9 Å². The Bertz CT molecular complexity index is 403. The maximum absolute atomic E-state index is 12.0. The molecule has 0 aromatic heterocycles. The Balaban J connectivity index is 2.68. The van der Waals surface area contributed by atoms with Gasteiger partial charge in [-0.3, -0.25) is 4.79 Å². The lowest BCUT2D eigenvalue weighted by atomic mass is 9.98. The van der Waals surface area contributed by atoms with Crippen molar-refractivity contribution in [2.45, 2.75) is 46.2 Å². The van der Waals surface area contributed by atoms with E-state index in [1.807, 2.05) is 52.0 Å². The fourth-order valence-electron chi connectivity index (χ4n) is 1.97. The zero-order valence-corrected chi connectivity index (χ0v) is 11.7. The first-order chi connectivity index (χ1) is 8.47. The van der Waals surface area contributed by atoms with Crippen LogP contribution < -0.4 is 11.1 Å². The number of hydrogen-bond acceptors (Lipinski definition) is 2. The molecule has 0 aliphatic heterocycles. The summed E-state index contributed by atoms with van der Waals surface area (Å²) in [6.07, 6.45) is 0.910. The average Bonchev–Trinajstić information content (AvgIpc) is 2.37. The van der Waals surface area contributed by atoms with Crippen LogP contribution in [-0.4, -0.2) is 11.9 Å². The van der Waals surface area contributed by atoms with Crippen LogP contribution in [0.1, 0.15) is 44.4 Å². The highest BCUT2D eigenvalue weighted by molar-refractivity contribution is 5.82. The molecule has 0 aliphatic rings. The Morgan fingerprint density at radius 2 is 1.94 bits per heavy atom. The second-order valence-corrected chi connectivity index (χ2v) is 5.00. The summed E-state index contributed by atoms with van der Waals surface area (Å²) >= 11 is 0. The van der Waals surface area contributed by atoms with E-state index in [1.54, 1.807) is 0 Å². The zero-order chi connectivity index (χ0) is 13.7. The normalized spacial score (nSPS) is 15.8. The van der Waals surface area contributed by atoms with Gasteiger partial charge in [0.25, 0.3) is 0 Å². The molecule has 1 aromatic rings. The number of nitrogens with two attached hydrogens (primary N) is 1. The number of carbonyl (C=O) groups excluding carboxylic acids is 1. The van der Waals surface area contributed by atoms with E-state index in [1.165, 1.54) is 5.56 Å². The zero-order valence-electron chi connectivity index (χ0n) is 11.7. The van der Waals surface area contributed by atoms with E-state index in [2.05, 4.69) is 5.32 Å². The lowest BCUT2D eigenvalue weighted by Crippen LogP contribution is -2.45. The molecule has 1 amide bonds. The minimum absolute atomic E-state index is 0.00574. The molecule has 18 heavy (non-hydrogen) atoms. The van der Waals surface area contributed by atoms with Crippen molar-refractivity contribution in [2.75, 3.05) is 0 Å². The monoisotopic (exact) mass is 248 g/mol. The van der Waals surface area contributed by atoms with Crippen molar-refractivity contribution in [2.24, 2.45) is 11.7 Å². The highest BCUT2D eigenvalue weighted by Crippen LogP contribution is 2.17. The first-order valence-electron chi connectivity index (χ1n) is 6.58. The molecular weight excluding hydrogens is 224 g/mol. The quantitative estimate of drug-likeness (QED) is 0.841. The van der Waals surface area contributed by atoms with Crippen LogP contribution in [0.2, 0.25) is 0 Å². The summed E-state index contributed by atoms with van der Waals surface area (Å²) in [6, 6.07) is 7.63. The van der Waals surface area contributed by atoms with E-state index in [-0.39, 0.29) is 17.9 Å². The number of benzene rings is 1. The average molecular weight is 248 g/mol. The van der Waals surface area contributed by atoms with Gasteiger partial charge in [0, 0.05) is 0 Å². The van der Waals surface area contributed by atoms with Gasteiger partial charge in [-0.25, -0.2) is 0 Å². The summed E-state index contributed by atoms with van der Waals surface area (Å²) in [5.41, 5.74) is 8.25. The predicted molar refractivity (Wildman–Crippen MR) is 75.2 cm³/mol. The fraction of sp³-hybridized carbons (Fsp3) is 0.533. The van der Waals surface area contributed by atoms with Crippen LogP contribution >= 0.6 is 0 Å². The first-order valence-corrected chi connectivity index (χ1v) is 6.58. The lowest BCUT2D eigenvalue weighted by Gasteiger charge is -2.22. The van der Waals surface area contributed by atoms with E-state index in [9.17, 15) is 4.79 Å². The minimum Gasteiger partial charge on any atom is -0.348 e. The van der Waals surface area contributed by atoms with Crippen molar-refractivity contribution in [3.05, 3.63) is 35.4 Å². The molecule has 3 heteroatoms. The van der Waals surface area contributed by atoms with Crippen molar-refractivity contribution in [3.8, 4) is 0 Å². The number of nitrogens with one attached hydrogen (secondary N) is 1. The third-order valence-electron chi connectivity index (χ3n) is 3.57. The molecule has 0 saturated carbocycles. The molecule has 0 fully saturated rings. The molecule has 1 rings (SSSR count). The Morgan fingerprint density at radius 3 is 2.50 bits per heavy atom. The van der Waals surface area contributed by atoms with E-state index < -0.39 is 6.04 Å². The Hall–Kier alpha value is -1.35. The molecule has 100 valence electrons. The summed E-state index contributed by atoms with van der Waals surface area (Å²) < 4.78 is 0. The third-order valence-corrected chi connectivity index (χ3v) is 3.57. The summed E-state index contributed by atoms with van der Waals surface area (Å²) in [5.74, 6) is 0.133. The number of amides is 1. The second-order valence-electron chi connectivity index (χ2n) is 5.00. The van der Waals surface area contributed by atoms with Gasteiger partial charge in [0.2, 0.25) is 5.91 Å². The van der Waals surface area contributed by atoms with Crippen molar-refractivity contribution in [1.82, 2.24) is 5.32 Å². The van der Waals surface area contributed by atoms with Crippen LogP contribution in [0.4, 0.5) is 0 Å². The van der Waals surface area contributed by atoms with Gasteiger partial charge in [0.05, 0.1) is 12.1 Å². The number of hydrogen-bond donors (Lipinski definition) is 2. The molecule has 1 unspecified atom stereocenters. The maximum atomic E-state index is 12.0. The number of aryl methyl sites for hydroxylation is 1. The van der Waals surface area contributed by atoms with Crippen LogP contribution in [0.5, 0.6) is 0 Å². The standard InChI is InChI=1S/C15H24N2O/c1-5-10(2)14(16)15(18)17-12(4)13-9-7-6-8-11(13)3/h6-10,12,14H,5,16H2,1-4H3,(H,17,18)/t10?,12-,14-/m0/s1. The molecule has 0 heterocycles. The molecular formula is C15H24N2O. The van der Waals surface area contributed by atoms with Gasteiger partial charge in [-0.15, -0.1) is 0 Å². The highest BCUT2D eigenvalue weighted by atomic mass is 16.2. The summed E-state index contributed by atoms with van der Waals surface area (Å²) in [5, 5.41) is 2.99. The fourth-order valence-corrected chi connectivity index (χ4v) is 1.97. The van der Waals surface area contributed by atoms with Gasteiger partial charge < -0.3 is 11.1 Å². The molecule has 0 saturated heterocycles. The van der Waals surface area contributed by atoms with Crippen molar-refractivity contribution in [3.63, 3.8) is 0 Å². The third kappa shape index (κ3) is 3.57. The van der Waals surface area contributed by atoms with Gasteiger partial charge in [0.1, 0.15) is 0 Å². The van der Waals surface area contributed by atoms with Crippen molar-refractivity contribution in [1.29, 1.82) is 0 Å². The first kappa shape index (κ1) is 14.7. The smallest absolute Gasteiger partial charge is 0.237 e. The Morgan fingerprint density at radius 1 is 1.33 bits per heavy atom. The predicted octanol–water partition coefficient (Wildman–Crippen LogP) is 2.55. The van der Waals surface area contributed by atoms with Crippen LogP contribution in [-0.2, 0) is 4.79 Å². The molecule has 0 radical (unpaired) electrons. The maximum Gasteiger partial charge on any atom is 0.237 e. The largest absolute Gasteiger partial charge is 0.348 e. The van der Waals surface area contributed by atoms with Crippen LogP contribution in [0.3, 0.4) is 0 Å². The van der Waals surface area contributed by atoms with E-state index in [0.29, 0.717) is 0 Å². The molecule has 0 spiro atoms. The van der Waals surface area contributed by atoms with Crippen LogP contribution in [0.15, 0.2) is 24.3 Å². The van der Waals surface area contributed by atoms with E-state index in [4.69, 9.17) is 5.73 Å². The molecule has 3 nitrogen and oxygen atoms in total. The van der Waals surface area contributed by atoms with Crippen LogP contribution in [0.25, 0.3) is 0 Å². The molecule has 3 atom stereocenters. The molecule has 0 aliphatic carbocycles. The SMILES string of the molecule is CCC(C)[C@H](N)C(=O)N[C@@H](C)c1ccccc1C. The molecule has 1 aromatic carbocycles. The van der Waals surface area contributed by atoms with Gasteiger partial charge in [-0.1, -0.05) is 44.5 Å². The van der Waals surface area contributed by atoms with Crippen molar-refractivity contribution < 1.29 is 4.79 Å². The van der Waals surface area contributed by atoms with Gasteiger partial charge >= 0.3 is 0 Å². The molecule has 3 N–H and O–H groups in total. The van der Waals surface area contributed by atoms with E-state index in [0.717, 1.165) is 12.0 Å². The number of carbonyl (C=O) groups is 1. The molecule has 0 bridgehead atoms. The van der Waals surface area contributed by atoms with Gasteiger partial charge in [0.15, 0.2) is 0 Å². The second kappa shape index (κ2) is 6.55. The van der Waals surface area contributed by atoms with Crippen LogP contribution in [0, 0.1) is 12.8 Å². The highest BCUT2D eigenvalue weighted by Gasteiger charge is 2.21. The topological polar surface area (TPSA) is 55.1 Å². The summed E-state index contributed by atoms with van der Waals surface area (Å²) in [7, 11) is 0. The minimum atomic E-state index is -0.429. The van der Waals surface area contributed by atoms with Crippen molar-refractivity contribution >= 4 is 5.91 Å². The Labute approximate surface area is 110 Å². The Kier molecular flexibility index (Phi) is 5.35. The summed E-state index contributed by atoms with van der Waals surface area (Å²) in [4.78, 5) is 12.0.